The van der Waals surface area contributed by atoms with Crippen LogP contribution in [0.2, 0.25) is 0 Å². The van der Waals surface area contributed by atoms with Crippen LogP contribution in [0.15, 0.2) is 22.8 Å². The standard InChI is InChI=1S/C10H12ClNO3/c11-6-8-7-14-5-3-12(8)10(13)9-2-1-4-15-9/h1-2,4,8H,3,5-7H2. The molecule has 0 spiro atoms. The smallest absolute Gasteiger partial charge is 0.289 e. The predicted molar refractivity (Wildman–Crippen MR) is 55.1 cm³/mol. The number of morpholine rings is 1. The number of hydrogen-bond donors (Lipinski definition) is 0. The van der Waals surface area contributed by atoms with Gasteiger partial charge in [-0.05, 0) is 12.1 Å². The summed E-state index contributed by atoms with van der Waals surface area (Å²) in [6.07, 6.45) is 1.49. The highest BCUT2D eigenvalue weighted by molar-refractivity contribution is 6.18. The Morgan fingerprint density at radius 3 is 3.20 bits per heavy atom. The lowest BCUT2D eigenvalue weighted by molar-refractivity contribution is 0.00292. The molecule has 4 nitrogen and oxygen atoms in total. The monoisotopic (exact) mass is 229 g/mol. The van der Waals surface area contributed by atoms with Gasteiger partial charge in [0.15, 0.2) is 5.76 Å². The third-order valence-corrected chi connectivity index (χ3v) is 2.75. The van der Waals surface area contributed by atoms with E-state index < -0.39 is 0 Å². The molecule has 0 aliphatic carbocycles. The molecule has 2 rings (SSSR count). The molecule has 0 aromatic carbocycles. The van der Waals surface area contributed by atoms with E-state index in [-0.39, 0.29) is 11.9 Å². The van der Waals surface area contributed by atoms with Crippen LogP contribution in [0.5, 0.6) is 0 Å². The molecule has 0 bridgehead atoms. The van der Waals surface area contributed by atoms with Gasteiger partial charge in [-0.15, -0.1) is 11.6 Å². The van der Waals surface area contributed by atoms with Gasteiger partial charge in [0.05, 0.1) is 25.5 Å². The van der Waals surface area contributed by atoms with Crippen LogP contribution in [0, 0.1) is 0 Å². The van der Waals surface area contributed by atoms with Crippen LogP contribution >= 0.6 is 11.6 Å². The van der Waals surface area contributed by atoms with Gasteiger partial charge in [-0.25, -0.2) is 0 Å². The van der Waals surface area contributed by atoms with Crippen molar-refractivity contribution in [2.45, 2.75) is 6.04 Å². The molecule has 1 fully saturated rings. The van der Waals surface area contributed by atoms with Crippen LogP contribution in [0.1, 0.15) is 10.6 Å². The summed E-state index contributed by atoms with van der Waals surface area (Å²) in [7, 11) is 0. The van der Waals surface area contributed by atoms with Crippen LogP contribution in [0.3, 0.4) is 0 Å². The van der Waals surface area contributed by atoms with E-state index in [1.54, 1.807) is 17.0 Å². The Hall–Kier alpha value is -1.00. The molecule has 1 amide bonds. The number of halogens is 1. The SMILES string of the molecule is O=C(c1ccco1)N1CCOCC1CCl. The van der Waals surface area contributed by atoms with E-state index in [2.05, 4.69) is 0 Å². The summed E-state index contributed by atoms with van der Waals surface area (Å²) < 4.78 is 10.3. The second kappa shape index (κ2) is 4.68. The summed E-state index contributed by atoms with van der Waals surface area (Å²) in [6, 6.07) is 3.30. The molecule has 1 aliphatic heterocycles. The van der Waals surface area contributed by atoms with Gasteiger partial charge in [-0.3, -0.25) is 4.79 Å². The third kappa shape index (κ3) is 2.16. The molecule has 5 heteroatoms. The first-order valence-electron chi connectivity index (χ1n) is 4.81. The van der Waals surface area contributed by atoms with Crippen molar-refractivity contribution >= 4 is 17.5 Å². The first kappa shape index (κ1) is 10.5. The summed E-state index contributed by atoms with van der Waals surface area (Å²) in [5, 5.41) is 0. The van der Waals surface area contributed by atoms with Crippen LogP contribution in [0.4, 0.5) is 0 Å². The van der Waals surface area contributed by atoms with Crippen molar-refractivity contribution < 1.29 is 13.9 Å². The number of rotatable bonds is 2. The van der Waals surface area contributed by atoms with Crippen molar-refractivity contribution in [3.8, 4) is 0 Å². The molecule has 1 aliphatic rings. The maximum Gasteiger partial charge on any atom is 0.289 e. The number of amides is 1. The van der Waals surface area contributed by atoms with E-state index in [1.807, 2.05) is 0 Å². The Kier molecular flexibility index (Phi) is 3.28. The highest BCUT2D eigenvalue weighted by Gasteiger charge is 2.28. The fraction of sp³-hybridized carbons (Fsp3) is 0.500. The van der Waals surface area contributed by atoms with Gasteiger partial charge >= 0.3 is 0 Å². The first-order chi connectivity index (χ1) is 7.33. The quantitative estimate of drug-likeness (QED) is 0.720. The van der Waals surface area contributed by atoms with Crippen molar-refractivity contribution in [2.75, 3.05) is 25.6 Å². The van der Waals surface area contributed by atoms with Gasteiger partial charge in [0.2, 0.25) is 0 Å². The zero-order valence-corrected chi connectivity index (χ0v) is 8.94. The Morgan fingerprint density at radius 2 is 2.53 bits per heavy atom. The lowest BCUT2D eigenvalue weighted by Gasteiger charge is -2.33. The van der Waals surface area contributed by atoms with E-state index >= 15 is 0 Å². The second-order valence-corrected chi connectivity index (χ2v) is 3.67. The number of carbonyl (C=O) groups excluding carboxylic acids is 1. The zero-order chi connectivity index (χ0) is 10.7. The van der Waals surface area contributed by atoms with Gasteiger partial charge in [-0.2, -0.15) is 0 Å². The average molecular weight is 230 g/mol. The van der Waals surface area contributed by atoms with Crippen molar-refractivity contribution in [3.63, 3.8) is 0 Å². The topological polar surface area (TPSA) is 42.7 Å². The number of carbonyl (C=O) groups is 1. The van der Waals surface area contributed by atoms with Crippen molar-refractivity contribution in [1.29, 1.82) is 0 Å². The van der Waals surface area contributed by atoms with E-state index in [1.165, 1.54) is 6.26 Å². The minimum absolute atomic E-state index is 0.0574. The van der Waals surface area contributed by atoms with Gasteiger partial charge in [0.1, 0.15) is 0 Å². The molecule has 82 valence electrons. The highest BCUT2D eigenvalue weighted by atomic mass is 35.5. The minimum Gasteiger partial charge on any atom is -0.459 e. The first-order valence-corrected chi connectivity index (χ1v) is 5.34. The number of furan rings is 1. The summed E-state index contributed by atoms with van der Waals surface area (Å²) in [5.74, 6) is 0.618. The fourth-order valence-corrected chi connectivity index (χ4v) is 1.85. The van der Waals surface area contributed by atoms with Gasteiger partial charge in [-0.1, -0.05) is 0 Å². The summed E-state index contributed by atoms with van der Waals surface area (Å²) >= 11 is 5.78. The summed E-state index contributed by atoms with van der Waals surface area (Å²) in [6.45, 7) is 1.62. The average Bonchev–Trinajstić information content (AvgIpc) is 2.81. The molecule has 1 atom stereocenters. The molecule has 1 saturated heterocycles. The lowest BCUT2D eigenvalue weighted by atomic mass is 10.2. The minimum atomic E-state index is -0.117. The van der Waals surface area contributed by atoms with Gasteiger partial charge < -0.3 is 14.1 Å². The van der Waals surface area contributed by atoms with E-state index in [0.717, 1.165) is 0 Å². The van der Waals surface area contributed by atoms with Crippen molar-refractivity contribution in [3.05, 3.63) is 24.2 Å². The number of nitrogens with zero attached hydrogens (tertiary/aromatic N) is 1. The van der Waals surface area contributed by atoms with E-state index in [4.69, 9.17) is 20.8 Å². The Labute approximate surface area is 92.7 Å². The third-order valence-electron chi connectivity index (χ3n) is 2.40. The van der Waals surface area contributed by atoms with Crippen LogP contribution in [-0.4, -0.2) is 42.5 Å². The number of ether oxygens (including phenoxy) is 1. The van der Waals surface area contributed by atoms with E-state index in [0.29, 0.717) is 31.4 Å². The maximum absolute atomic E-state index is 11.9. The molecule has 1 unspecified atom stereocenters. The lowest BCUT2D eigenvalue weighted by Crippen LogP contribution is -2.49. The van der Waals surface area contributed by atoms with Crippen molar-refractivity contribution in [1.82, 2.24) is 4.90 Å². The maximum atomic E-state index is 11.9. The summed E-state index contributed by atoms with van der Waals surface area (Å²) in [4.78, 5) is 13.7. The fourth-order valence-electron chi connectivity index (χ4n) is 1.59. The van der Waals surface area contributed by atoms with Crippen LogP contribution < -0.4 is 0 Å². The molecule has 15 heavy (non-hydrogen) atoms. The van der Waals surface area contributed by atoms with Gasteiger partial charge in [0.25, 0.3) is 5.91 Å². The summed E-state index contributed by atoms with van der Waals surface area (Å²) in [5.41, 5.74) is 0. The molecule has 2 heterocycles. The molecular weight excluding hydrogens is 218 g/mol. The largest absolute Gasteiger partial charge is 0.459 e. The van der Waals surface area contributed by atoms with Crippen molar-refractivity contribution in [2.24, 2.45) is 0 Å². The van der Waals surface area contributed by atoms with Gasteiger partial charge in [0, 0.05) is 12.4 Å². The van der Waals surface area contributed by atoms with Crippen LogP contribution in [0.25, 0.3) is 0 Å². The molecule has 0 radical (unpaired) electrons. The Morgan fingerprint density at radius 1 is 1.67 bits per heavy atom. The Balaban J connectivity index is 2.11. The number of hydrogen-bond acceptors (Lipinski definition) is 3. The molecular formula is C10H12ClNO3. The normalized spacial score (nSPS) is 21.7. The number of alkyl halides is 1. The molecule has 1 aromatic heterocycles. The molecule has 0 saturated carbocycles. The molecule has 1 aromatic rings. The van der Waals surface area contributed by atoms with E-state index in [9.17, 15) is 4.79 Å². The Bertz CT molecular complexity index is 325. The zero-order valence-electron chi connectivity index (χ0n) is 8.19. The predicted octanol–water partition coefficient (Wildman–Crippen LogP) is 1.36. The second-order valence-electron chi connectivity index (χ2n) is 3.36. The highest BCUT2D eigenvalue weighted by Crippen LogP contribution is 2.13. The molecule has 0 N–H and O–H groups in total. The van der Waals surface area contributed by atoms with Crippen LogP contribution in [-0.2, 0) is 4.74 Å².